The molecule has 1 aromatic carbocycles. The Hall–Kier alpha value is -1.92. The van der Waals surface area contributed by atoms with Crippen molar-refractivity contribution in [3.05, 3.63) is 35.9 Å². The van der Waals surface area contributed by atoms with Crippen LogP contribution in [0.3, 0.4) is 0 Å². The van der Waals surface area contributed by atoms with Crippen molar-refractivity contribution in [3.8, 4) is 0 Å². The van der Waals surface area contributed by atoms with E-state index in [0.717, 1.165) is 52.2 Å². The molecule has 2 heterocycles. The van der Waals surface area contributed by atoms with Gasteiger partial charge in [-0.2, -0.15) is 0 Å². The zero-order valence-electron chi connectivity index (χ0n) is 18.0. The smallest absolute Gasteiger partial charge is 0.225 e. The first kappa shape index (κ1) is 21.8. The van der Waals surface area contributed by atoms with Crippen LogP contribution >= 0.6 is 0 Å². The molecule has 0 aliphatic carbocycles. The molecular formula is C23H36N4O2. The minimum absolute atomic E-state index is 0.0392. The minimum atomic E-state index is -0.178. The van der Waals surface area contributed by atoms with Crippen LogP contribution in [0.15, 0.2) is 30.3 Å². The number of amides is 2. The molecule has 2 fully saturated rings. The highest BCUT2D eigenvalue weighted by molar-refractivity contribution is 5.89. The Morgan fingerprint density at radius 1 is 1.10 bits per heavy atom. The number of rotatable bonds is 9. The molecule has 2 aliphatic heterocycles. The average molecular weight is 401 g/mol. The van der Waals surface area contributed by atoms with Crippen molar-refractivity contribution >= 4 is 11.8 Å². The maximum absolute atomic E-state index is 12.4. The van der Waals surface area contributed by atoms with Gasteiger partial charge in [0, 0.05) is 58.8 Å². The number of carbonyl (C=O) groups is 2. The number of piperazine rings is 1. The molecule has 1 aromatic rings. The van der Waals surface area contributed by atoms with E-state index in [1.165, 1.54) is 5.56 Å². The molecule has 0 saturated carbocycles. The molecule has 160 valence electrons. The van der Waals surface area contributed by atoms with Crippen LogP contribution in [0.1, 0.15) is 32.3 Å². The highest BCUT2D eigenvalue weighted by atomic mass is 16.2. The number of likely N-dealkylation sites (tertiary alicyclic amines) is 1. The van der Waals surface area contributed by atoms with Gasteiger partial charge in [0.2, 0.25) is 11.8 Å². The molecular weight excluding hydrogens is 364 g/mol. The van der Waals surface area contributed by atoms with Gasteiger partial charge in [0.05, 0.1) is 5.92 Å². The summed E-state index contributed by atoms with van der Waals surface area (Å²) in [4.78, 5) is 31.2. The van der Waals surface area contributed by atoms with Crippen molar-refractivity contribution < 1.29 is 9.59 Å². The third-order valence-corrected chi connectivity index (χ3v) is 5.84. The van der Waals surface area contributed by atoms with Crippen LogP contribution in [0, 0.1) is 11.8 Å². The lowest BCUT2D eigenvalue weighted by Crippen LogP contribution is -2.46. The lowest BCUT2D eigenvalue weighted by atomic mass is 10.1. The quantitative estimate of drug-likeness (QED) is 0.643. The van der Waals surface area contributed by atoms with Gasteiger partial charge in [0.15, 0.2) is 0 Å². The first-order valence-electron chi connectivity index (χ1n) is 11.1. The zero-order chi connectivity index (χ0) is 20.6. The van der Waals surface area contributed by atoms with Crippen molar-refractivity contribution in [3.63, 3.8) is 0 Å². The van der Waals surface area contributed by atoms with Crippen LogP contribution in [0.5, 0.6) is 0 Å². The third kappa shape index (κ3) is 6.82. The van der Waals surface area contributed by atoms with Gasteiger partial charge in [-0.1, -0.05) is 44.2 Å². The van der Waals surface area contributed by atoms with Gasteiger partial charge >= 0.3 is 0 Å². The van der Waals surface area contributed by atoms with E-state index in [-0.39, 0.29) is 17.7 Å². The maximum Gasteiger partial charge on any atom is 0.225 e. The summed E-state index contributed by atoms with van der Waals surface area (Å²) in [5, 5.41) is 3.05. The van der Waals surface area contributed by atoms with Gasteiger partial charge < -0.3 is 15.1 Å². The average Bonchev–Trinajstić information content (AvgIpc) is 3.07. The standard InChI is InChI=1S/C23H36N4O2/c1-19(2)16-27-18-21(15-22(27)28)23(29)24-9-6-10-25-11-13-26(14-12-25)17-20-7-4-3-5-8-20/h3-5,7-8,19,21H,6,9-18H2,1-2H3,(H,24,29). The highest BCUT2D eigenvalue weighted by Crippen LogP contribution is 2.19. The predicted molar refractivity (Wildman–Crippen MR) is 115 cm³/mol. The van der Waals surface area contributed by atoms with Crippen molar-refractivity contribution in [2.24, 2.45) is 11.8 Å². The first-order valence-corrected chi connectivity index (χ1v) is 11.1. The summed E-state index contributed by atoms with van der Waals surface area (Å²) in [6, 6.07) is 10.6. The Morgan fingerprint density at radius 3 is 2.48 bits per heavy atom. The summed E-state index contributed by atoms with van der Waals surface area (Å²) < 4.78 is 0. The van der Waals surface area contributed by atoms with Crippen molar-refractivity contribution in [2.75, 3.05) is 52.4 Å². The molecule has 29 heavy (non-hydrogen) atoms. The van der Waals surface area contributed by atoms with Crippen LogP contribution in [-0.4, -0.2) is 78.9 Å². The molecule has 0 bridgehead atoms. The van der Waals surface area contributed by atoms with Gasteiger partial charge in [-0.15, -0.1) is 0 Å². The van der Waals surface area contributed by atoms with Crippen LogP contribution < -0.4 is 5.32 Å². The van der Waals surface area contributed by atoms with E-state index in [0.29, 0.717) is 25.4 Å². The van der Waals surface area contributed by atoms with Gasteiger partial charge in [-0.05, 0) is 24.4 Å². The maximum atomic E-state index is 12.4. The van der Waals surface area contributed by atoms with Crippen LogP contribution in [0.2, 0.25) is 0 Å². The molecule has 6 nitrogen and oxygen atoms in total. The Morgan fingerprint density at radius 2 is 1.79 bits per heavy atom. The highest BCUT2D eigenvalue weighted by Gasteiger charge is 2.34. The topological polar surface area (TPSA) is 55.9 Å². The van der Waals surface area contributed by atoms with E-state index in [4.69, 9.17) is 0 Å². The Labute approximate surface area is 175 Å². The van der Waals surface area contributed by atoms with Crippen molar-refractivity contribution in [2.45, 2.75) is 33.2 Å². The van der Waals surface area contributed by atoms with Crippen LogP contribution in [0.4, 0.5) is 0 Å². The molecule has 2 saturated heterocycles. The van der Waals surface area contributed by atoms with Gasteiger partial charge in [0.25, 0.3) is 0 Å². The molecule has 0 radical (unpaired) electrons. The minimum Gasteiger partial charge on any atom is -0.356 e. The number of nitrogens with one attached hydrogen (secondary N) is 1. The molecule has 2 aliphatic rings. The zero-order valence-corrected chi connectivity index (χ0v) is 18.0. The van der Waals surface area contributed by atoms with Gasteiger partial charge in [-0.25, -0.2) is 0 Å². The fourth-order valence-electron chi connectivity index (χ4n) is 4.24. The van der Waals surface area contributed by atoms with E-state index in [1.807, 2.05) is 4.90 Å². The second-order valence-corrected chi connectivity index (χ2v) is 8.84. The summed E-state index contributed by atoms with van der Waals surface area (Å²) >= 11 is 0. The first-order chi connectivity index (χ1) is 14.0. The van der Waals surface area contributed by atoms with E-state index < -0.39 is 0 Å². The molecule has 0 spiro atoms. The number of benzene rings is 1. The Bertz CT molecular complexity index is 656. The van der Waals surface area contributed by atoms with Gasteiger partial charge in [0.1, 0.15) is 0 Å². The number of carbonyl (C=O) groups excluding carboxylic acids is 2. The van der Waals surface area contributed by atoms with E-state index >= 15 is 0 Å². The normalized spacial score (nSPS) is 21.1. The van der Waals surface area contributed by atoms with Gasteiger partial charge in [-0.3, -0.25) is 14.5 Å². The van der Waals surface area contributed by atoms with E-state index in [2.05, 4.69) is 59.3 Å². The summed E-state index contributed by atoms with van der Waals surface area (Å²) in [7, 11) is 0. The summed E-state index contributed by atoms with van der Waals surface area (Å²) in [5.74, 6) is 0.418. The number of hydrogen-bond acceptors (Lipinski definition) is 4. The van der Waals surface area contributed by atoms with E-state index in [9.17, 15) is 9.59 Å². The SMILES string of the molecule is CC(C)CN1CC(C(=O)NCCCN2CCN(Cc3ccccc3)CC2)CC1=O. The lowest BCUT2D eigenvalue weighted by Gasteiger charge is -2.34. The Balaban J connectivity index is 1.27. The monoisotopic (exact) mass is 400 g/mol. The molecule has 1 unspecified atom stereocenters. The fourth-order valence-corrected chi connectivity index (χ4v) is 4.24. The number of nitrogens with zero attached hydrogens (tertiary/aromatic N) is 3. The second kappa shape index (κ2) is 10.7. The van der Waals surface area contributed by atoms with Crippen molar-refractivity contribution in [1.29, 1.82) is 0 Å². The predicted octanol–water partition coefficient (Wildman–Crippen LogP) is 1.82. The summed E-state index contributed by atoms with van der Waals surface area (Å²) in [6.45, 7) is 12.6. The molecule has 2 amide bonds. The van der Waals surface area contributed by atoms with Crippen molar-refractivity contribution in [1.82, 2.24) is 20.0 Å². The van der Waals surface area contributed by atoms with E-state index in [1.54, 1.807) is 0 Å². The number of hydrogen-bond donors (Lipinski definition) is 1. The molecule has 0 aromatic heterocycles. The Kier molecular flexibility index (Phi) is 8.07. The molecule has 1 atom stereocenters. The van der Waals surface area contributed by atoms with Crippen LogP contribution in [0.25, 0.3) is 0 Å². The fraction of sp³-hybridized carbons (Fsp3) is 0.652. The summed E-state index contributed by atoms with van der Waals surface area (Å²) in [6.07, 6.45) is 1.32. The lowest BCUT2D eigenvalue weighted by molar-refractivity contribution is -0.129. The van der Waals surface area contributed by atoms with Crippen LogP contribution in [-0.2, 0) is 16.1 Å². The second-order valence-electron chi connectivity index (χ2n) is 8.84. The molecule has 1 N–H and O–H groups in total. The summed E-state index contributed by atoms with van der Waals surface area (Å²) in [5.41, 5.74) is 1.38. The third-order valence-electron chi connectivity index (χ3n) is 5.84. The molecule has 6 heteroatoms. The molecule has 3 rings (SSSR count). The largest absolute Gasteiger partial charge is 0.356 e.